The zero-order valence-electron chi connectivity index (χ0n) is 11.2. The van der Waals surface area contributed by atoms with Crippen LogP contribution in [0.3, 0.4) is 0 Å². The summed E-state index contributed by atoms with van der Waals surface area (Å²) in [6, 6.07) is 0. The van der Waals surface area contributed by atoms with E-state index in [9.17, 15) is 4.79 Å². The lowest BCUT2D eigenvalue weighted by Crippen LogP contribution is -2.27. The van der Waals surface area contributed by atoms with Crippen LogP contribution in [-0.4, -0.2) is 19.5 Å². The zero-order valence-corrected chi connectivity index (χ0v) is 11.2. The second-order valence-electron chi connectivity index (χ2n) is 5.85. The highest BCUT2D eigenvalue weighted by Gasteiger charge is 2.29. The average molecular weight is 226 g/mol. The van der Waals surface area contributed by atoms with Crippen molar-refractivity contribution in [3.8, 4) is 0 Å². The molecule has 0 aromatic rings. The summed E-state index contributed by atoms with van der Waals surface area (Å²) in [4.78, 5) is 12.1. The molecule has 0 bridgehead atoms. The minimum atomic E-state index is 0.318. The van der Waals surface area contributed by atoms with Gasteiger partial charge in [-0.05, 0) is 37.0 Å². The maximum Gasteiger partial charge on any atom is 0.136 e. The van der Waals surface area contributed by atoms with Crippen molar-refractivity contribution >= 4 is 5.78 Å². The number of methoxy groups -OCH3 is 1. The van der Waals surface area contributed by atoms with Gasteiger partial charge in [-0.25, -0.2) is 0 Å². The normalized spacial score (nSPS) is 32.4. The number of hydrogen-bond acceptors (Lipinski definition) is 2. The van der Waals surface area contributed by atoms with E-state index in [1.165, 1.54) is 6.42 Å². The van der Waals surface area contributed by atoms with Crippen LogP contribution in [0.1, 0.15) is 46.5 Å². The fraction of sp³-hybridized carbons (Fsp3) is 0.929. The van der Waals surface area contributed by atoms with Gasteiger partial charge in [0.1, 0.15) is 5.78 Å². The lowest BCUT2D eigenvalue weighted by Gasteiger charge is -2.31. The van der Waals surface area contributed by atoms with Gasteiger partial charge in [0.25, 0.3) is 0 Å². The molecule has 0 aliphatic heterocycles. The van der Waals surface area contributed by atoms with E-state index >= 15 is 0 Å². The standard InChI is InChI=1S/C14H26O2/c1-10-5-11(2)7-13(6-10)14(15)8-12(3)9-16-4/h10-13H,5-9H2,1-4H3. The van der Waals surface area contributed by atoms with Crippen LogP contribution in [0.15, 0.2) is 0 Å². The lowest BCUT2D eigenvalue weighted by atomic mass is 9.74. The molecule has 16 heavy (non-hydrogen) atoms. The number of ketones is 1. The quantitative estimate of drug-likeness (QED) is 0.719. The topological polar surface area (TPSA) is 26.3 Å². The predicted molar refractivity (Wildman–Crippen MR) is 66.3 cm³/mol. The minimum absolute atomic E-state index is 0.318. The Kier molecular flexibility index (Phi) is 5.47. The molecule has 1 rings (SSSR count). The van der Waals surface area contributed by atoms with E-state index in [0.29, 0.717) is 30.6 Å². The van der Waals surface area contributed by atoms with Gasteiger partial charge in [-0.1, -0.05) is 20.8 Å². The van der Waals surface area contributed by atoms with Crippen molar-refractivity contribution in [2.24, 2.45) is 23.7 Å². The van der Waals surface area contributed by atoms with E-state index in [2.05, 4.69) is 20.8 Å². The highest BCUT2D eigenvalue weighted by Crippen LogP contribution is 2.34. The second kappa shape index (κ2) is 6.39. The molecule has 3 unspecified atom stereocenters. The Morgan fingerprint density at radius 1 is 1.25 bits per heavy atom. The Balaban J connectivity index is 2.40. The van der Waals surface area contributed by atoms with Crippen molar-refractivity contribution in [2.75, 3.05) is 13.7 Å². The van der Waals surface area contributed by atoms with Gasteiger partial charge >= 0.3 is 0 Å². The molecule has 0 radical (unpaired) electrons. The first-order valence-corrected chi connectivity index (χ1v) is 6.54. The Morgan fingerprint density at radius 2 is 1.81 bits per heavy atom. The number of rotatable bonds is 5. The molecule has 0 N–H and O–H groups in total. The number of ether oxygens (including phenoxy) is 1. The van der Waals surface area contributed by atoms with Crippen molar-refractivity contribution in [3.05, 3.63) is 0 Å². The molecule has 1 aliphatic carbocycles. The van der Waals surface area contributed by atoms with E-state index in [-0.39, 0.29) is 0 Å². The summed E-state index contributed by atoms with van der Waals surface area (Å²) in [6.45, 7) is 7.34. The molecule has 0 spiro atoms. The van der Waals surface area contributed by atoms with Crippen LogP contribution in [0.4, 0.5) is 0 Å². The molecule has 2 heteroatoms. The van der Waals surface area contributed by atoms with Crippen LogP contribution in [0.2, 0.25) is 0 Å². The van der Waals surface area contributed by atoms with Gasteiger partial charge in [0.05, 0.1) is 0 Å². The summed E-state index contributed by atoms with van der Waals surface area (Å²) in [6.07, 6.45) is 4.18. The largest absolute Gasteiger partial charge is 0.384 e. The third kappa shape index (κ3) is 4.25. The first kappa shape index (κ1) is 13.7. The van der Waals surface area contributed by atoms with Crippen LogP contribution < -0.4 is 0 Å². The van der Waals surface area contributed by atoms with Gasteiger partial charge in [0.15, 0.2) is 0 Å². The van der Waals surface area contributed by atoms with Gasteiger partial charge in [0, 0.05) is 26.1 Å². The van der Waals surface area contributed by atoms with E-state index in [4.69, 9.17) is 4.74 Å². The molecule has 1 fully saturated rings. The fourth-order valence-corrected chi connectivity index (χ4v) is 3.06. The highest BCUT2D eigenvalue weighted by molar-refractivity contribution is 5.81. The minimum Gasteiger partial charge on any atom is -0.384 e. The van der Waals surface area contributed by atoms with Gasteiger partial charge < -0.3 is 4.74 Å². The highest BCUT2D eigenvalue weighted by atomic mass is 16.5. The summed E-state index contributed by atoms with van der Waals surface area (Å²) >= 11 is 0. The molecule has 0 aromatic carbocycles. The number of Topliss-reactive ketones (excluding diaryl/α,β-unsaturated/α-hetero) is 1. The maximum absolute atomic E-state index is 12.1. The predicted octanol–water partition coefficient (Wildman–Crippen LogP) is 3.30. The first-order valence-electron chi connectivity index (χ1n) is 6.54. The van der Waals surface area contributed by atoms with E-state index < -0.39 is 0 Å². The molecule has 1 aliphatic rings. The summed E-state index contributed by atoms with van der Waals surface area (Å²) in [7, 11) is 1.70. The van der Waals surface area contributed by atoms with Crippen molar-refractivity contribution in [2.45, 2.75) is 46.5 Å². The van der Waals surface area contributed by atoms with Crippen LogP contribution >= 0.6 is 0 Å². The van der Waals surface area contributed by atoms with Crippen molar-refractivity contribution in [3.63, 3.8) is 0 Å². The zero-order chi connectivity index (χ0) is 12.1. The second-order valence-corrected chi connectivity index (χ2v) is 5.85. The Bertz CT molecular complexity index is 215. The molecule has 94 valence electrons. The first-order chi connectivity index (χ1) is 7.52. The van der Waals surface area contributed by atoms with Gasteiger partial charge in [-0.15, -0.1) is 0 Å². The maximum atomic E-state index is 12.1. The van der Waals surface area contributed by atoms with E-state index in [0.717, 1.165) is 24.7 Å². The smallest absolute Gasteiger partial charge is 0.136 e. The molecule has 0 amide bonds. The van der Waals surface area contributed by atoms with E-state index in [1.807, 2.05) is 0 Å². The molecular weight excluding hydrogens is 200 g/mol. The summed E-state index contributed by atoms with van der Waals surface area (Å²) in [5.74, 6) is 2.58. The molecule has 1 saturated carbocycles. The SMILES string of the molecule is COCC(C)CC(=O)C1CC(C)CC(C)C1. The third-order valence-corrected chi connectivity index (χ3v) is 3.63. The lowest BCUT2D eigenvalue weighted by molar-refractivity contribution is -0.126. The Labute approximate surface area is 99.8 Å². The molecule has 0 saturated heterocycles. The van der Waals surface area contributed by atoms with Gasteiger partial charge in [-0.2, -0.15) is 0 Å². The molecule has 2 nitrogen and oxygen atoms in total. The third-order valence-electron chi connectivity index (χ3n) is 3.63. The molecular formula is C14H26O2. The summed E-state index contributed by atoms with van der Waals surface area (Å²) < 4.78 is 5.08. The molecule has 0 aromatic heterocycles. The molecule has 0 heterocycles. The Hall–Kier alpha value is -0.370. The van der Waals surface area contributed by atoms with Crippen molar-refractivity contribution < 1.29 is 9.53 Å². The van der Waals surface area contributed by atoms with Crippen molar-refractivity contribution in [1.82, 2.24) is 0 Å². The van der Waals surface area contributed by atoms with Crippen LogP contribution in [0, 0.1) is 23.7 Å². The van der Waals surface area contributed by atoms with Crippen LogP contribution in [-0.2, 0) is 9.53 Å². The number of carbonyl (C=O) groups excluding carboxylic acids is 1. The monoisotopic (exact) mass is 226 g/mol. The summed E-state index contributed by atoms with van der Waals surface area (Å²) in [5.41, 5.74) is 0. The van der Waals surface area contributed by atoms with Gasteiger partial charge in [-0.3, -0.25) is 4.79 Å². The van der Waals surface area contributed by atoms with Crippen LogP contribution in [0.5, 0.6) is 0 Å². The Morgan fingerprint density at radius 3 is 2.31 bits per heavy atom. The molecule has 3 atom stereocenters. The van der Waals surface area contributed by atoms with Crippen LogP contribution in [0.25, 0.3) is 0 Å². The van der Waals surface area contributed by atoms with Gasteiger partial charge in [0.2, 0.25) is 0 Å². The average Bonchev–Trinajstić information content (AvgIpc) is 2.16. The van der Waals surface area contributed by atoms with E-state index in [1.54, 1.807) is 7.11 Å². The number of carbonyl (C=O) groups is 1. The summed E-state index contributed by atoms with van der Waals surface area (Å²) in [5, 5.41) is 0. The number of hydrogen-bond donors (Lipinski definition) is 0. The fourth-order valence-electron chi connectivity index (χ4n) is 3.06. The van der Waals surface area contributed by atoms with Crippen molar-refractivity contribution in [1.29, 1.82) is 0 Å².